The van der Waals surface area contributed by atoms with Crippen molar-refractivity contribution in [2.45, 2.75) is 6.04 Å². The van der Waals surface area contributed by atoms with Gasteiger partial charge in [0.25, 0.3) is 0 Å². The second-order valence-corrected chi connectivity index (χ2v) is 3.73. The maximum absolute atomic E-state index is 11.3. The second kappa shape index (κ2) is 6.66. The van der Waals surface area contributed by atoms with Crippen molar-refractivity contribution in [1.29, 1.82) is 0 Å². The number of carbonyl (C=O) groups excluding carboxylic acids is 1. The maximum atomic E-state index is 11.3. The third-order valence-electron chi connectivity index (χ3n) is 2.06. The monoisotopic (exact) mass is 269 g/mol. The van der Waals surface area contributed by atoms with Crippen LogP contribution in [0.4, 0.5) is 4.79 Å². The van der Waals surface area contributed by atoms with Gasteiger partial charge in [-0.05, 0) is 6.07 Å². The molecule has 0 aliphatic heterocycles. The lowest BCUT2D eigenvalue weighted by molar-refractivity contribution is -0.139. The van der Waals surface area contributed by atoms with Gasteiger partial charge in [-0.2, -0.15) is 0 Å². The molecule has 0 aliphatic rings. The summed E-state index contributed by atoms with van der Waals surface area (Å²) in [7, 11) is 0. The fraction of sp³-hybridized carbons (Fsp3) is 0.167. The Morgan fingerprint density at radius 3 is 2.72 bits per heavy atom. The Balaban J connectivity index is 2.84. The molecule has 6 heteroatoms. The number of carboxylic acids is 1. The van der Waals surface area contributed by atoms with Gasteiger partial charge in [-0.25, -0.2) is 9.59 Å². The third-order valence-corrected chi connectivity index (χ3v) is 2.40. The first kappa shape index (κ1) is 14.1. The van der Waals surface area contributed by atoms with Gasteiger partial charge >= 0.3 is 12.1 Å². The summed E-state index contributed by atoms with van der Waals surface area (Å²) in [6, 6.07) is 5.11. The summed E-state index contributed by atoms with van der Waals surface area (Å²) >= 11 is 5.88. The van der Waals surface area contributed by atoms with Gasteiger partial charge in [0.15, 0.2) is 6.04 Å². The molecule has 1 atom stereocenters. The molecule has 0 spiro atoms. The predicted molar refractivity (Wildman–Crippen MR) is 66.5 cm³/mol. The molecule has 0 aromatic heterocycles. The minimum absolute atomic E-state index is 0.000689. The Kier molecular flexibility index (Phi) is 5.20. The van der Waals surface area contributed by atoms with Crippen LogP contribution in [0.1, 0.15) is 11.6 Å². The molecule has 0 unspecified atom stereocenters. The van der Waals surface area contributed by atoms with Crippen LogP contribution in [0.2, 0.25) is 5.02 Å². The number of halogens is 1. The zero-order chi connectivity index (χ0) is 13.5. The number of ether oxygens (including phenoxy) is 1. The topological polar surface area (TPSA) is 75.6 Å². The number of alkyl carbamates (subject to hydrolysis) is 1. The highest BCUT2D eigenvalue weighted by Gasteiger charge is 2.24. The number of amides is 1. The molecule has 1 amide bonds. The van der Waals surface area contributed by atoms with Crippen LogP contribution in [0.15, 0.2) is 36.9 Å². The number of benzene rings is 1. The zero-order valence-corrected chi connectivity index (χ0v) is 10.2. The van der Waals surface area contributed by atoms with Crippen molar-refractivity contribution in [2.75, 3.05) is 6.61 Å². The number of aliphatic carboxylic acids is 1. The average molecular weight is 270 g/mol. The first-order valence-electron chi connectivity index (χ1n) is 5.07. The third kappa shape index (κ3) is 3.78. The van der Waals surface area contributed by atoms with Crippen LogP contribution in [0.3, 0.4) is 0 Å². The van der Waals surface area contributed by atoms with Gasteiger partial charge in [-0.3, -0.25) is 0 Å². The number of hydrogen-bond donors (Lipinski definition) is 2. The smallest absolute Gasteiger partial charge is 0.408 e. The summed E-state index contributed by atoms with van der Waals surface area (Å²) < 4.78 is 4.66. The van der Waals surface area contributed by atoms with Gasteiger partial charge in [-0.1, -0.05) is 42.5 Å². The highest BCUT2D eigenvalue weighted by Crippen LogP contribution is 2.22. The number of carbonyl (C=O) groups is 2. The molecule has 0 heterocycles. The molecule has 1 aromatic rings. The van der Waals surface area contributed by atoms with E-state index in [1.54, 1.807) is 18.2 Å². The van der Waals surface area contributed by atoms with E-state index in [0.717, 1.165) is 0 Å². The molecule has 0 saturated carbocycles. The van der Waals surface area contributed by atoms with Gasteiger partial charge in [-0.15, -0.1) is 0 Å². The molecular weight excluding hydrogens is 258 g/mol. The van der Waals surface area contributed by atoms with Crippen LogP contribution in [0.5, 0.6) is 0 Å². The van der Waals surface area contributed by atoms with Crippen LogP contribution >= 0.6 is 11.6 Å². The van der Waals surface area contributed by atoms with Crippen molar-refractivity contribution in [3.63, 3.8) is 0 Å². The SMILES string of the molecule is C=CCOC(=O)N[C@H](C(=O)O)c1ccccc1Cl. The molecule has 0 aliphatic carbocycles. The van der Waals surface area contributed by atoms with E-state index >= 15 is 0 Å². The molecule has 1 aromatic carbocycles. The van der Waals surface area contributed by atoms with Crippen molar-refractivity contribution in [3.8, 4) is 0 Å². The average Bonchev–Trinajstić information content (AvgIpc) is 2.34. The van der Waals surface area contributed by atoms with Crippen LogP contribution in [-0.2, 0) is 9.53 Å². The summed E-state index contributed by atoms with van der Waals surface area (Å²) in [5, 5.41) is 11.6. The van der Waals surface area contributed by atoms with Gasteiger partial charge in [0.05, 0.1) is 0 Å². The van der Waals surface area contributed by atoms with Gasteiger partial charge in [0.2, 0.25) is 0 Å². The predicted octanol–water partition coefficient (Wildman–Crippen LogP) is 2.38. The summed E-state index contributed by atoms with van der Waals surface area (Å²) in [6.45, 7) is 3.38. The van der Waals surface area contributed by atoms with Crippen molar-refractivity contribution < 1.29 is 19.4 Å². The maximum Gasteiger partial charge on any atom is 0.408 e. The second-order valence-electron chi connectivity index (χ2n) is 3.32. The number of hydrogen-bond acceptors (Lipinski definition) is 3. The summed E-state index contributed by atoms with van der Waals surface area (Å²) in [4.78, 5) is 22.4. The highest BCUT2D eigenvalue weighted by molar-refractivity contribution is 6.31. The van der Waals surface area contributed by atoms with Gasteiger partial charge in [0.1, 0.15) is 6.61 Å². The minimum Gasteiger partial charge on any atom is -0.479 e. The zero-order valence-electron chi connectivity index (χ0n) is 9.43. The quantitative estimate of drug-likeness (QED) is 0.805. The van der Waals surface area contributed by atoms with E-state index in [2.05, 4.69) is 16.6 Å². The Labute approximate surface area is 109 Å². The van der Waals surface area contributed by atoms with Gasteiger partial charge < -0.3 is 15.2 Å². The molecule has 0 radical (unpaired) electrons. The Bertz CT molecular complexity index is 461. The van der Waals surface area contributed by atoms with E-state index in [1.165, 1.54) is 12.1 Å². The number of nitrogens with one attached hydrogen (secondary N) is 1. The van der Waals surface area contributed by atoms with E-state index in [0.29, 0.717) is 5.56 Å². The lowest BCUT2D eigenvalue weighted by Crippen LogP contribution is -2.34. The Hall–Kier alpha value is -2.01. The van der Waals surface area contributed by atoms with Crippen LogP contribution in [0, 0.1) is 0 Å². The van der Waals surface area contributed by atoms with Crippen molar-refractivity contribution in [2.24, 2.45) is 0 Å². The van der Waals surface area contributed by atoms with Crippen LogP contribution in [-0.4, -0.2) is 23.8 Å². The van der Waals surface area contributed by atoms with E-state index in [9.17, 15) is 9.59 Å². The molecule has 18 heavy (non-hydrogen) atoms. The van der Waals surface area contributed by atoms with Crippen molar-refractivity contribution in [3.05, 3.63) is 47.5 Å². The number of rotatable bonds is 5. The van der Waals surface area contributed by atoms with Crippen LogP contribution in [0.25, 0.3) is 0 Å². The first-order valence-corrected chi connectivity index (χ1v) is 5.45. The largest absolute Gasteiger partial charge is 0.479 e. The molecule has 96 valence electrons. The summed E-state index contributed by atoms with van der Waals surface area (Å²) in [5.41, 5.74) is 0.294. The molecule has 2 N–H and O–H groups in total. The Morgan fingerprint density at radius 2 is 2.17 bits per heavy atom. The summed E-state index contributed by atoms with van der Waals surface area (Å²) in [5.74, 6) is -1.22. The van der Waals surface area contributed by atoms with E-state index in [-0.39, 0.29) is 11.6 Å². The number of carboxylic acid groups (broad SMARTS) is 1. The van der Waals surface area contributed by atoms with Crippen molar-refractivity contribution >= 4 is 23.7 Å². The van der Waals surface area contributed by atoms with E-state index in [1.807, 2.05) is 0 Å². The van der Waals surface area contributed by atoms with Crippen molar-refractivity contribution in [1.82, 2.24) is 5.32 Å². The van der Waals surface area contributed by atoms with E-state index in [4.69, 9.17) is 16.7 Å². The Morgan fingerprint density at radius 1 is 1.50 bits per heavy atom. The standard InChI is InChI=1S/C12H12ClNO4/c1-2-7-18-12(17)14-10(11(15)16)8-5-3-4-6-9(8)13/h2-6,10H,1,7H2,(H,14,17)(H,15,16)/t10-/m0/s1. The fourth-order valence-corrected chi connectivity index (χ4v) is 1.52. The fourth-order valence-electron chi connectivity index (χ4n) is 1.28. The van der Waals surface area contributed by atoms with Gasteiger partial charge in [0, 0.05) is 10.6 Å². The summed E-state index contributed by atoms with van der Waals surface area (Å²) in [6.07, 6.45) is 0.535. The lowest BCUT2D eigenvalue weighted by atomic mass is 10.1. The lowest BCUT2D eigenvalue weighted by Gasteiger charge is -2.15. The highest BCUT2D eigenvalue weighted by atomic mass is 35.5. The first-order chi connectivity index (χ1) is 8.56. The molecule has 0 bridgehead atoms. The molecule has 0 fully saturated rings. The molecular formula is C12H12ClNO4. The normalized spacial score (nSPS) is 11.4. The molecule has 5 nitrogen and oxygen atoms in total. The van der Waals surface area contributed by atoms with Crippen LogP contribution < -0.4 is 5.32 Å². The molecule has 1 rings (SSSR count). The molecule has 0 saturated heterocycles. The van der Waals surface area contributed by atoms with E-state index < -0.39 is 18.1 Å². The minimum atomic E-state index is -1.25.